The van der Waals surface area contributed by atoms with Crippen molar-refractivity contribution >= 4 is 0 Å². The summed E-state index contributed by atoms with van der Waals surface area (Å²) in [5, 5.41) is 12.9. The van der Waals surface area contributed by atoms with Crippen molar-refractivity contribution in [2.75, 3.05) is 32.8 Å². The number of aliphatic hydroxyl groups excluding tert-OH is 1. The summed E-state index contributed by atoms with van der Waals surface area (Å²) in [6.07, 6.45) is 0. The van der Waals surface area contributed by atoms with Gasteiger partial charge in [0, 0.05) is 30.6 Å². The first-order chi connectivity index (χ1) is 9.80. The van der Waals surface area contributed by atoms with Gasteiger partial charge in [0.1, 0.15) is 0 Å². The molecule has 21 heavy (non-hydrogen) atoms. The normalized spacial score (nSPS) is 15.2. The highest BCUT2D eigenvalue weighted by molar-refractivity contribution is 5.26. The Morgan fingerprint density at radius 3 is 2.19 bits per heavy atom. The molecule has 120 valence electrons. The maximum atomic E-state index is 9.24. The van der Waals surface area contributed by atoms with Crippen LogP contribution in [-0.4, -0.2) is 48.3 Å². The predicted molar refractivity (Wildman–Crippen MR) is 90.7 cm³/mol. The van der Waals surface area contributed by atoms with Crippen LogP contribution in [0.4, 0.5) is 0 Å². The Hall–Kier alpha value is -0.900. The van der Waals surface area contributed by atoms with Crippen LogP contribution in [0.1, 0.15) is 40.2 Å². The summed E-state index contributed by atoms with van der Waals surface area (Å²) in [5.41, 5.74) is 1.47. The van der Waals surface area contributed by atoms with Crippen molar-refractivity contribution in [1.29, 1.82) is 0 Å². The monoisotopic (exact) mass is 292 g/mol. The fourth-order valence-corrected chi connectivity index (χ4v) is 2.53. The quantitative estimate of drug-likeness (QED) is 0.773. The van der Waals surface area contributed by atoms with Crippen LogP contribution in [0.2, 0.25) is 0 Å². The molecule has 1 rings (SSSR count). The van der Waals surface area contributed by atoms with E-state index in [0.29, 0.717) is 0 Å². The van der Waals surface area contributed by atoms with E-state index in [2.05, 4.69) is 75.2 Å². The van der Waals surface area contributed by atoms with Crippen molar-refractivity contribution in [3.63, 3.8) is 0 Å². The molecule has 0 saturated heterocycles. The number of likely N-dealkylation sites (N-methyl/N-ethyl adjacent to an activating group) is 1. The molecule has 3 heteroatoms. The van der Waals surface area contributed by atoms with E-state index in [0.717, 1.165) is 26.2 Å². The summed E-state index contributed by atoms with van der Waals surface area (Å²) in [5.74, 6) is 0. The van der Waals surface area contributed by atoms with Crippen molar-refractivity contribution in [3.8, 4) is 0 Å². The molecule has 1 atom stereocenters. The molecule has 0 aliphatic carbocycles. The highest BCUT2D eigenvalue weighted by Crippen LogP contribution is 2.25. The van der Waals surface area contributed by atoms with Gasteiger partial charge in [0.2, 0.25) is 0 Å². The number of benzene rings is 1. The maximum absolute atomic E-state index is 9.24. The van der Waals surface area contributed by atoms with Gasteiger partial charge in [0.15, 0.2) is 0 Å². The molecule has 0 amide bonds. The van der Waals surface area contributed by atoms with Crippen LogP contribution in [-0.2, 0) is 5.41 Å². The molecule has 0 aromatic heterocycles. The van der Waals surface area contributed by atoms with Gasteiger partial charge in [-0.25, -0.2) is 0 Å². The number of rotatable bonds is 8. The van der Waals surface area contributed by atoms with Gasteiger partial charge in [-0.2, -0.15) is 0 Å². The molecule has 0 saturated carbocycles. The number of nitrogens with zero attached hydrogens (tertiary/aromatic N) is 1. The zero-order valence-electron chi connectivity index (χ0n) is 14.3. The van der Waals surface area contributed by atoms with E-state index in [-0.39, 0.29) is 17.6 Å². The molecule has 0 spiro atoms. The summed E-state index contributed by atoms with van der Waals surface area (Å²) < 4.78 is 0. The van der Waals surface area contributed by atoms with Crippen LogP contribution in [0.15, 0.2) is 30.3 Å². The highest BCUT2D eigenvalue weighted by Gasteiger charge is 2.30. The lowest BCUT2D eigenvalue weighted by Gasteiger charge is -2.38. The lowest BCUT2D eigenvalue weighted by molar-refractivity contribution is 0.167. The Kier molecular flexibility index (Phi) is 6.85. The average Bonchev–Trinajstić information content (AvgIpc) is 2.45. The fourth-order valence-electron chi connectivity index (χ4n) is 2.53. The Balaban J connectivity index is 2.93. The first-order valence-corrected chi connectivity index (χ1v) is 7.94. The van der Waals surface area contributed by atoms with Gasteiger partial charge < -0.3 is 15.3 Å². The first kappa shape index (κ1) is 18.1. The average molecular weight is 292 g/mol. The van der Waals surface area contributed by atoms with Crippen LogP contribution in [0.5, 0.6) is 0 Å². The topological polar surface area (TPSA) is 35.5 Å². The van der Waals surface area contributed by atoms with Crippen molar-refractivity contribution in [2.24, 2.45) is 0 Å². The Labute approximate surface area is 130 Å². The van der Waals surface area contributed by atoms with E-state index in [1.54, 1.807) is 0 Å². The van der Waals surface area contributed by atoms with Crippen LogP contribution in [0.25, 0.3) is 0 Å². The molecular weight excluding hydrogens is 260 g/mol. The Morgan fingerprint density at radius 2 is 1.71 bits per heavy atom. The minimum atomic E-state index is 0.0275. The van der Waals surface area contributed by atoms with Gasteiger partial charge in [-0.05, 0) is 32.9 Å². The van der Waals surface area contributed by atoms with Crippen LogP contribution in [0.3, 0.4) is 0 Å². The molecule has 1 unspecified atom stereocenters. The minimum Gasteiger partial charge on any atom is -0.395 e. The molecule has 0 aliphatic rings. The van der Waals surface area contributed by atoms with Gasteiger partial charge >= 0.3 is 0 Å². The van der Waals surface area contributed by atoms with Crippen molar-refractivity contribution in [3.05, 3.63) is 35.9 Å². The lowest BCUT2D eigenvalue weighted by atomic mass is 9.81. The fraction of sp³-hybridized carbons (Fsp3) is 0.667. The molecule has 0 radical (unpaired) electrons. The number of hydrogen-bond donors (Lipinski definition) is 2. The van der Waals surface area contributed by atoms with E-state index in [4.69, 9.17) is 0 Å². The third-order valence-corrected chi connectivity index (χ3v) is 3.92. The number of hydrogen-bond acceptors (Lipinski definition) is 3. The van der Waals surface area contributed by atoms with Gasteiger partial charge in [-0.15, -0.1) is 0 Å². The van der Waals surface area contributed by atoms with Gasteiger partial charge in [-0.3, -0.25) is 0 Å². The molecule has 0 bridgehead atoms. The molecule has 0 aliphatic heterocycles. The standard InChI is InChI=1S/C18H32N2O/c1-6-20(12-13-21)15-18(5,14-19-17(2,3)4)16-10-8-7-9-11-16/h7-11,19,21H,6,12-15H2,1-5H3. The molecule has 2 N–H and O–H groups in total. The molecule has 1 aromatic rings. The smallest absolute Gasteiger partial charge is 0.0558 e. The maximum Gasteiger partial charge on any atom is 0.0558 e. The second kappa shape index (κ2) is 7.92. The van der Waals surface area contributed by atoms with Gasteiger partial charge in [-0.1, -0.05) is 44.2 Å². The Morgan fingerprint density at radius 1 is 1.10 bits per heavy atom. The summed E-state index contributed by atoms with van der Waals surface area (Å²) in [7, 11) is 0. The zero-order chi connectivity index (χ0) is 15.9. The SMILES string of the molecule is CCN(CCO)CC(C)(CNC(C)(C)C)c1ccccc1. The summed E-state index contributed by atoms with van der Waals surface area (Å²) >= 11 is 0. The zero-order valence-corrected chi connectivity index (χ0v) is 14.3. The van der Waals surface area contributed by atoms with Crippen LogP contribution < -0.4 is 5.32 Å². The first-order valence-electron chi connectivity index (χ1n) is 7.94. The summed E-state index contributed by atoms with van der Waals surface area (Å²) in [6, 6.07) is 10.7. The second-order valence-electron chi connectivity index (χ2n) is 7.12. The van der Waals surface area contributed by atoms with E-state index in [1.807, 2.05) is 0 Å². The van der Waals surface area contributed by atoms with E-state index in [1.165, 1.54) is 5.56 Å². The third-order valence-electron chi connectivity index (χ3n) is 3.92. The summed E-state index contributed by atoms with van der Waals surface area (Å²) in [4.78, 5) is 2.32. The summed E-state index contributed by atoms with van der Waals surface area (Å²) in [6.45, 7) is 14.8. The molecule has 3 nitrogen and oxygen atoms in total. The molecule has 1 aromatic carbocycles. The third kappa shape index (κ3) is 6.16. The van der Waals surface area contributed by atoms with Crippen molar-refractivity contribution in [1.82, 2.24) is 10.2 Å². The van der Waals surface area contributed by atoms with Crippen molar-refractivity contribution in [2.45, 2.75) is 45.6 Å². The molecule has 0 fully saturated rings. The largest absolute Gasteiger partial charge is 0.395 e. The second-order valence-corrected chi connectivity index (χ2v) is 7.12. The number of aliphatic hydroxyl groups is 1. The predicted octanol–water partition coefficient (Wildman–Crippen LogP) is 2.65. The lowest BCUT2D eigenvalue weighted by Crippen LogP contribution is -2.50. The number of nitrogens with one attached hydrogen (secondary N) is 1. The van der Waals surface area contributed by atoms with Gasteiger partial charge in [0.25, 0.3) is 0 Å². The van der Waals surface area contributed by atoms with Crippen LogP contribution >= 0.6 is 0 Å². The van der Waals surface area contributed by atoms with Crippen LogP contribution in [0, 0.1) is 0 Å². The minimum absolute atomic E-state index is 0.0275. The Bertz CT molecular complexity index is 399. The molecular formula is C18H32N2O. The van der Waals surface area contributed by atoms with Gasteiger partial charge in [0.05, 0.1) is 6.61 Å². The van der Waals surface area contributed by atoms with E-state index < -0.39 is 0 Å². The van der Waals surface area contributed by atoms with Crippen molar-refractivity contribution < 1.29 is 5.11 Å². The molecule has 0 heterocycles. The highest BCUT2D eigenvalue weighted by atomic mass is 16.3. The van der Waals surface area contributed by atoms with E-state index >= 15 is 0 Å². The van der Waals surface area contributed by atoms with E-state index in [9.17, 15) is 5.11 Å².